The molecule has 1 amide bonds. The summed E-state index contributed by atoms with van der Waals surface area (Å²) >= 11 is 0. The molecule has 10 heteroatoms. The minimum atomic E-state index is -3.81. The van der Waals surface area contributed by atoms with Gasteiger partial charge in [-0.25, -0.2) is 23.3 Å². The highest BCUT2D eigenvalue weighted by molar-refractivity contribution is 7.89. The van der Waals surface area contributed by atoms with Crippen LogP contribution in [0, 0.1) is 0 Å². The van der Waals surface area contributed by atoms with Crippen LogP contribution < -0.4 is 15.8 Å². The van der Waals surface area contributed by atoms with Crippen LogP contribution in [0.4, 0.5) is 11.5 Å². The molecule has 0 bridgehead atoms. The van der Waals surface area contributed by atoms with Crippen LogP contribution >= 0.6 is 0 Å². The van der Waals surface area contributed by atoms with E-state index in [9.17, 15) is 18.0 Å². The van der Waals surface area contributed by atoms with Crippen molar-refractivity contribution in [3.05, 3.63) is 48.2 Å². The zero-order valence-electron chi connectivity index (χ0n) is 15.1. The average Bonchev–Trinajstić information content (AvgIpc) is 3.46. The number of hydrogen-bond acceptors (Lipinski definition) is 7. The molecule has 0 aliphatic heterocycles. The molecule has 4 N–H and O–H groups in total. The zero-order chi connectivity index (χ0) is 20.3. The fraction of sp³-hybridized carbons (Fsp3) is 0.278. The summed E-state index contributed by atoms with van der Waals surface area (Å²) in [5, 5.41) is 10.8. The smallest absolute Gasteiger partial charge is 0.340 e. The number of esters is 1. The van der Waals surface area contributed by atoms with E-state index in [1.54, 1.807) is 12.1 Å². The number of nitrogens with zero attached hydrogens (tertiary/aromatic N) is 1. The lowest BCUT2D eigenvalue weighted by molar-refractivity contribution is -0.123. The van der Waals surface area contributed by atoms with E-state index < -0.39 is 28.0 Å². The summed E-state index contributed by atoms with van der Waals surface area (Å²) in [6, 6.07) is 9.04. The molecule has 1 aliphatic carbocycles. The molecular formula is C18H20N4O5S. The van der Waals surface area contributed by atoms with E-state index in [4.69, 9.17) is 9.88 Å². The Hall–Kier alpha value is -2.98. The number of rotatable bonds is 7. The normalized spacial score (nSPS) is 14.8. The third-order valence-corrected chi connectivity index (χ3v) is 4.96. The van der Waals surface area contributed by atoms with E-state index in [1.807, 2.05) is 0 Å². The van der Waals surface area contributed by atoms with Gasteiger partial charge in [-0.3, -0.25) is 4.79 Å². The minimum absolute atomic E-state index is 0.0721. The van der Waals surface area contributed by atoms with Gasteiger partial charge in [-0.2, -0.15) is 0 Å². The van der Waals surface area contributed by atoms with Crippen molar-refractivity contribution in [1.29, 1.82) is 0 Å². The standard InChI is InChI=1S/C18H20N4O5S/c1-11(17(23)22-14-5-7-15(8-6-14)28(19,25)26)27-18(24)12-2-9-16(20-10-12)21-13-3-4-13/h2,5-11,13H,3-4H2,1H3,(H,20,21)(H,22,23)(H2,19,25,26). The van der Waals surface area contributed by atoms with Crippen LogP contribution in [0.25, 0.3) is 0 Å². The van der Waals surface area contributed by atoms with Gasteiger partial charge in [0, 0.05) is 17.9 Å². The van der Waals surface area contributed by atoms with Crippen LogP contribution in [0.15, 0.2) is 47.5 Å². The number of pyridine rings is 1. The lowest BCUT2D eigenvalue weighted by Gasteiger charge is -2.14. The topological polar surface area (TPSA) is 140 Å². The van der Waals surface area contributed by atoms with Crippen molar-refractivity contribution in [3.63, 3.8) is 0 Å². The molecule has 1 aromatic carbocycles. The molecule has 1 fully saturated rings. The van der Waals surface area contributed by atoms with Gasteiger partial charge in [-0.15, -0.1) is 0 Å². The van der Waals surface area contributed by atoms with Gasteiger partial charge in [0.15, 0.2) is 6.10 Å². The molecule has 1 unspecified atom stereocenters. The van der Waals surface area contributed by atoms with Crippen LogP contribution in [0.3, 0.4) is 0 Å². The van der Waals surface area contributed by atoms with Gasteiger partial charge < -0.3 is 15.4 Å². The van der Waals surface area contributed by atoms with Crippen molar-refractivity contribution < 1.29 is 22.7 Å². The number of nitrogens with one attached hydrogen (secondary N) is 2. The molecule has 0 saturated heterocycles. The molecule has 1 heterocycles. The van der Waals surface area contributed by atoms with Crippen LogP contribution in [0.2, 0.25) is 0 Å². The lowest BCUT2D eigenvalue weighted by atomic mass is 10.2. The summed E-state index contributed by atoms with van der Waals surface area (Å²) in [6.45, 7) is 1.43. The SMILES string of the molecule is CC(OC(=O)c1ccc(NC2CC2)nc1)C(=O)Nc1ccc(S(N)(=O)=O)cc1. The maximum absolute atomic E-state index is 12.2. The number of sulfonamides is 1. The van der Waals surface area contributed by atoms with Crippen LogP contribution in [0.1, 0.15) is 30.1 Å². The summed E-state index contributed by atoms with van der Waals surface area (Å²) < 4.78 is 27.6. The Kier molecular flexibility index (Phi) is 5.61. The van der Waals surface area contributed by atoms with Crippen molar-refractivity contribution in [1.82, 2.24) is 4.98 Å². The third kappa shape index (κ3) is 5.27. The number of ether oxygens (including phenoxy) is 1. The second-order valence-electron chi connectivity index (χ2n) is 6.46. The molecule has 0 radical (unpaired) electrons. The Morgan fingerprint density at radius 3 is 2.39 bits per heavy atom. The highest BCUT2D eigenvalue weighted by Crippen LogP contribution is 2.23. The predicted octanol–water partition coefficient (Wildman–Crippen LogP) is 1.49. The van der Waals surface area contributed by atoms with Crippen molar-refractivity contribution in [2.45, 2.75) is 36.8 Å². The molecule has 0 spiro atoms. The van der Waals surface area contributed by atoms with Crippen molar-refractivity contribution in [2.24, 2.45) is 5.14 Å². The number of carbonyl (C=O) groups excluding carboxylic acids is 2. The number of anilines is 2. The molecule has 148 valence electrons. The van der Waals surface area contributed by atoms with Gasteiger partial charge in [0.25, 0.3) is 5.91 Å². The molecule has 9 nitrogen and oxygen atoms in total. The Balaban J connectivity index is 1.54. The number of primary sulfonamides is 1. The average molecular weight is 404 g/mol. The van der Waals surface area contributed by atoms with Gasteiger partial charge in [0.2, 0.25) is 10.0 Å². The quantitative estimate of drug-likeness (QED) is 0.594. The summed E-state index contributed by atoms with van der Waals surface area (Å²) in [5.74, 6) is -0.540. The highest BCUT2D eigenvalue weighted by Gasteiger charge is 2.22. The van der Waals surface area contributed by atoms with Crippen LogP contribution in [-0.2, 0) is 19.6 Å². The third-order valence-electron chi connectivity index (χ3n) is 4.03. The van der Waals surface area contributed by atoms with E-state index in [-0.39, 0.29) is 10.5 Å². The summed E-state index contributed by atoms with van der Waals surface area (Å²) in [6.07, 6.45) is 2.56. The molecule has 3 rings (SSSR count). The fourth-order valence-electron chi connectivity index (χ4n) is 2.29. The van der Waals surface area contributed by atoms with Crippen molar-refractivity contribution >= 4 is 33.4 Å². The number of nitrogens with two attached hydrogens (primary N) is 1. The largest absolute Gasteiger partial charge is 0.449 e. The van der Waals surface area contributed by atoms with E-state index in [0.29, 0.717) is 17.5 Å². The number of amides is 1. The molecular weight excluding hydrogens is 384 g/mol. The predicted molar refractivity (Wildman–Crippen MR) is 102 cm³/mol. The first kappa shape index (κ1) is 19.8. The van der Waals surface area contributed by atoms with E-state index >= 15 is 0 Å². The number of benzene rings is 1. The summed E-state index contributed by atoms with van der Waals surface area (Å²) in [4.78, 5) is 28.4. The fourth-order valence-corrected chi connectivity index (χ4v) is 2.81. The second-order valence-corrected chi connectivity index (χ2v) is 8.02. The Morgan fingerprint density at radius 2 is 1.86 bits per heavy atom. The van der Waals surface area contributed by atoms with E-state index in [1.165, 1.54) is 37.4 Å². The lowest BCUT2D eigenvalue weighted by Crippen LogP contribution is -2.30. The zero-order valence-corrected chi connectivity index (χ0v) is 15.9. The monoisotopic (exact) mass is 404 g/mol. The first-order valence-electron chi connectivity index (χ1n) is 8.59. The maximum Gasteiger partial charge on any atom is 0.340 e. The number of hydrogen-bond donors (Lipinski definition) is 3. The van der Waals surface area contributed by atoms with E-state index in [2.05, 4.69) is 15.6 Å². The Bertz CT molecular complexity index is 970. The Morgan fingerprint density at radius 1 is 1.18 bits per heavy atom. The molecule has 2 aromatic rings. The molecule has 1 aromatic heterocycles. The van der Waals surface area contributed by atoms with Gasteiger partial charge in [0.05, 0.1) is 10.5 Å². The van der Waals surface area contributed by atoms with Gasteiger partial charge in [-0.05, 0) is 56.2 Å². The minimum Gasteiger partial charge on any atom is -0.449 e. The molecule has 1 saturated carbocycles. The van der Waals surface area contributed by atoms with Gasteiger partial charge in [0.1, 0.15) is 5.82 Å². The first-order chi connectivity index (χ1) is 13.2. The number of carbonyl (C=O) groups is 2. The summed E-state index contributed by atoms with van der Waals surface area (Å²) in [7, 11) is -3.81. The van der Waals surface area contributed by atoms with E-state index in [0.717, 1.165) is 12.8 Å². The summed E-state index contributed by atoms with van der Waals surface area (Å²) in [5.41, 5.74) is 0.580. The second kappa shape index (κ2) is 7.95. The molecule has 1 atom stereocenters. The highest BCUT2D eigenvalue weighted by atomic mass is 32.2. The van der Waals surface area contributed by atoms with Gasteiger partial charge in [-0.1, -0.05) is 0 Å². The molecule has 1 aliphatic rings. The Labute approximate surface area is 162 Å². The molecule has 28 heavy (non-hydrogen) atoms. The number of aromatic nitrogens is 1. The first-order valence-corrected chi connectivity index (χ1v) is 10.1. The van der Waals surface area contributed by atoms with Crippen LogP contribution in [-0.4, -0.2) is 37.4 Å². The van der Waals surface area contributed by atoms with Crippen molar-refractivity contribution in [3.8, 4) is 0 Å². The van der Waals surface area contributed by atoms with Crippen LogP contribution in [0.5, 0.6) is 0 Å². The van der Waals surface area contributed by atoms with Gasteiger partial charge >= 0.3 is 5.97 Å². The van der Waals surface area contributed by atoms with Crippen molar-refractivity contribution in [2.75, 3.05) is 10.6 Å². The maximum atomic E-state index is 12.2.